The Kier molecular flexibility index (Phi) is 7.88. The first-order valence-electron chi connectivity index (χ1n) is 8.92. The Labute approximate surface area is 174 Å². The highest BCUT2D eigenvalue weighted by Gasteiger charge is 2.07. The number of allylic oxidation sites excluding steroid dienone is 2. The fraction of sp³-hybridized carbons (Fsp3) is 0.0833. The molecule has 0 bridgehead atoms. The SMILES string of the molecule is C=C(F)C(=O)OCCOc1ccc(-c2ccc(C(=C)/C=C\C(=C)C(=O)O)cc2)cc1. The summed E-state index contributed by atoms with van der Waals surface area (Å²) in [5.74, 6) is -2.73. The number of carboxylic acids is 1. The number of hydrogen-bond acceptors (Lipinski definition) is 4. The van der Waals surface area contributed by atoms with Gasteiger partial charge in [0.05, 0.1) is 5.57 Å². The van der Waals surface area contributed by atoms with Gasteiger partial charge < -0.3 is 14.6 Å². The molecule has 5 nitrogen and oxygen atoms in total. The first-order chi connectivity index (χ1) is 14.3. The van der Waals surface area contributed by atoms with Crippen LogP contribution in [-0.2, 0) is 14.3 Å². The maximum atomic E-state index is 12.5. The van der Waals surface area contributed by atoms with Crippen molar-refractivity contribution in [2.75, 3.05) is 13.2 Å². The van der Waals surface area contributed by atoms with Gasteiger partial charge in [0, 0.05) is 0 Å². The number of halogens is 1. The van der Waals surface area contributed by atoms with E-state index in [-0.39, 0.29) is 18.8 Å². The Morgan fingerprint density at radius 2 is 1.47 bits per heavy atom. The van der Waals surface area contributed by atoms with Gasteiger partial charge in [-0.2, -0.15) is 4.39 Å². The van der Waals surface area contributed by atoms with Crippen LogP contribution in [0.3, 0.4) is 0 Å². The molecule has 0 aliphatic heterocycles. The molecule has 0 aromatic heterocycles. The summed E-state index contributed by atoms with van der Waals surface area (Å²) in [5.41, 5.74) is 3.46. The first kappa shape index (κ1) is 22.4. The van der Waals surface area contributed by atoms with E-state index in [0.717, 1.165) is 16.7 Å². The van der Waals surface area contributed by atoms with E-state index in [4.69, 9.17) is 9.84 Å². The van der Waals surface area contributed by atoms with Gasteiger partial charge in [0.1, 0.15) is 19.0 Å². The number of carboxylic acid groups (broad SMARTS) is 1. The molecule has 6 heteroatoms. The summed E-state index contributed by atoms with van der Waals surface area (Å²) in [5, 5.41) is 8.82. The molecule has 0 fully saturated rings. The molecular formula is C24H21FO5. The van der Waals surface area contributed by atoms with Crippen molar-refractivity contribution in [3.63, 3.8) is 0 Å². The van der Waals surface area contributed by atoms with Crippen LogP contribution < -0.4 is 4.74 Å². The van der Waals surface area contributed by atoms with Crippen LogP contribution in [-0.4, -0.2) is 30.3 Å². The fourth-order valence-electron chi connectivity index (χ4n) is 2.36. The maximum absolute atomic E-state index is 12.5. The molecular weight excluding hydrogens is 387 g/mol. The number of rotatable bonds is 10. The molecule has 30 heavy (non-hydrogen) atoms. The molecule has 0 saturated heterocycles. The Balaban J connectivity index is 1.93. The van der Waals surface area contributed by atoms with Crippen molar-refractivity contribution in [1.29, 1.82) is 0 Å². The highest BCUT2D eigenvalue weighted by Crippen LogP contribution is 2.25. The fourth-order valence-corrected chi connectivity index (χ4v) is 2.36. The predicted octanol–water partition coefficient (Wildman–Crippen LogP) is 4.97. The molecule has 0 unspecified atom stereocenters. The molecule has 0 aliphatic rings. The average Bonchev–Trinajstić information content (AvgIpc) is 2.75. The summed E-state index contributed by atoms with van der Waals surface area (Å²) >= 11 is 0. The summed E-state index contributed by atoms with van der Waals surface area (Å²) in [4.78, 5) is 21.7. The van der Waals surface area contributed by atoms with Crippen LogP contribution in [0.2, 0.25) is 0 Å². The minimum absolute atomic E-state index is 0.0129. The molecule has 2 aromatic carbocycles. The van der Waals surface area contributed by atoms with E-state index in [1.54, 1.807) is 18.2 Å². The van der Waals surface area contributed by atoms with Crippen LogP contribution >= 0.6 is 0 Å². The third-order valence-corrected chi connectivity index (χ3v) is 4.01. The van der Waals surface area contributed by atoms with Gasteiger partial charge in [-0.05, 0) is 40.5 Å². The van der Waals surface area contributed by atoms with Crippen molar-refractivity contribution in [1.82, 2.24) is 0 Å². The molecule has 2 rings (SSSR count). The number of carbonyl (C=O) groups excluding carboxylic acids is 1. The van der Waals surface area contributed by atoms with Crippen LogP contribution in [0.15, 0.2) is 91.8 Å². The molecule has 0 atom stereocenters. The Morgan fingerprint density at radius 1 is 0.900 bits per heavy atom. The highest BCUT2D eigenvalue weighted by molar-refractivity contribution is 5.90. The van der Waals surface area contributed by atoms with Crippen molar-refractivity contribution in [3.05, 3.63) is 97.4 Å². The molecule has 0 aliphatic carbocycles. The normalized spacial score (nSPS) is 10.4. The van der Waals surface area contributed by atoms with Gasteiger partial charge in [-0.3, -0.25) is 0 Å². The monoisotopic (exact) mass is 408 g/mol. The lowest BCUT2D eigenvalue weighted by molar-refractivity contribution is -0.141. The van der Waals surface area contributed by atoms with Crippen molar-refractivity contribution in [3.8, 4) is 16.9 Å². The van der Waals surface area contributed by atoms with Crippen LogP contribution in [0.4, 0.5) is 4.39 Å². The smallest absolute Gasteiger partial charge is 0.366 e. The third kappa shape index (κ3) is 6.60. The zero-order valence-electron chi connectivity index (χ0n) is 16.3. The average molecular weight is 408 g/mol. The lowest BCUT2D eigenvalue weighted by atomic mass is 10.0. The van der Waals surface area contributed by atoms with Gasteiger partial charge in [-0.25, -0.2) is 9.59 Å². The summed E-state index contributed by atoms with van der Waals surface area (Å²) in [6, 6.07) is 15.0. The molecule has 0 spiro atoms. The van der Waals surface area contributed by atoms with Gasteiger partial charge in [-0.1, -0.05) is 62.2 Å². The Morgan fingerprint density at radius 3 is 2.00 bits per heavy atom. The van der Waals surface area contributed by atoms with Gasteiger partial charge in [0.2, 0.25) is 5.83 Å². The highest BCUT2D eigenvalue weighted by atomic mass is 19.1. The van der Waals surface area contributed by atoms with Crippen molar-refractivity contribution in [2.24, 2.45) is 0 Å². The molecule has 1 N–H and O–H groups in total. The number of benzene rings is 2. The van der Waals surface area contributed by atoms with E-state index in [9.17, 15) is 14.0 Å². The lowest BCUT2D eigenvalue weighted by Crippen LogP contribution is -2.12. The second-order valence-corrected chi connectivity index (χ2v) is 6.18. The lowest BCUT2D eigenvalue weighted by Gasteiger charge is -2.08. The molecule has 0 amide bonds. The summed E-state index contributed by atoms with van der Waals surface area (Å²) in [7, 11) is 0. The molecule has 154 valence electrons. The van der Waals surface area contributed by atoms with E-state index in [2.05, 4.69) is 24.5 Å². The molecule has 0 saturated carbocycles. The zero-order valence-corrected chi connectivity index (χ0v) is 16.3. The molecule has 2 aromatic rings. The first-order valence-corrected chi connectivity index (χ1v) is 8.92. The number of esters is 1. The second kappa shape index (κ2) is 10.6. The van der Waals surface area contributed by atoms with Gasteiger partial charge in [-0.15, -0.1) is 0 Å². The van der Waals surface area contributed by atoms with Crippen molar-refractivity contribution >= 4 is 17.5 Å². The van der Waals surface area contributed by atoms with Gasteiger partial charge >= 0.3 is 11.9 Å². The van der Waals surface area contributed by atoms with Crippen molar-refractivity contribution < 1.29 is 28.6 Å². The Hall–Kier alpha value is -3.93. The van der Waals surface area contributed by atoms with E-state index in [0.29, 0.717) is 11.3 Å². The minimum atomic E-state index is -1.14. The minimum Gasteiger partial charge on any atom is -0.490 e. The van der Waals surface area contributed by atoms with E-state index < -0.39 is 17.8 Å². The quantitative estimate of drug-likeness (QED) is 0.260. The number of carbonyl (C=O) groups is 2. The molecule has 0 radical (unpaired) electrons. The van der Waals surface area contributed by atoms with Crippen LogP contribution in [0.1, 0.15) is 5.56 Å². The van der Waals surface area contributed by atoms with Crippen LogP contribution in [0, 0.1) is 0 Å². The molecule has 0 heterocycles. The van der Waals surface area contributed by atoms with Gasteiger partial charge in [0.25, 0.3) is 0 Å². The Bertz CT molecular complexity index is 985. The van der Waals surface area contributed by atoms with Crippen LogP contribution in [0.5, 0.6) is 5.75 Å². The van der Waals surface area contributed by atoms with E-state index in [1.807, 2.05) is 36.4 Å². The zero-order chi connectivity index (χ0) is 22.1. The summed E-state index contributed by atoms with van der Waals surface area (Å²) < 4.78 is 22.5. The standard InChI is InChI=1S/C24H21FO5/c1-16(4-5-17(2)23(26)27)19-6-8-20(9-7-19)21-10-12-22(13-11-21)29-14-15-30-24(28)18(3)25/h4-13H,1-3,14-15H2,(H,26,27)/b5-4-. The number of hydrogen-bond donors (Lipinski definition) is 1. The summed E-state index contributed by atoms with van der Waals surface area (Å²) in [6.07, 6.45) is 3.02. The topological polar surface area (TPSA) is 72.8 Å². The predicted molar refractivity (Wildman–Crippen MR) is 114 cm³/mol. The van der Waals surface area contributed by atoms with Gasteiger partial charge in [0.15, 0.2) is 0 Å². The van der Waals surface area contributed by atoms with Crippen molar-refractivity contribution in [2.45, 2.75) is 0 Å². The second-order valence-electron chi connectivity index (χ2n) is 6.18. The van der Waals surface area contributed by atoms with E-state index in [1.165, 1.54) is 6.08 Å². The van der Waals surface area contributed by atoms with E-state index >= 15 is 0 Å². The number of aliphatic carboxylic acids is 1. The summed E-state index contributed by atoms with van der Waals surface area (Å²) in [6.45, 7) is 10.2. The number of ether oxygens (including phenoxy) is 2. The maximum Gasteiger partial charge on any atom is 0.366 e. The van der Waals surface area contributed by atoms with Crippen LogP contribution in [0.25, 0.3) is 16.7 Å². The third-order valence-electron chi connectivity index (χ3n) is 4.01. The largest absolute Gasteiger partial charge is 0.490 e.